The van der Waals surface area contributed by atoms with Gasteiger partial charge in [-0.15, -0.1) is 0 Å². The first-order chi connectivity index (χ1) is 13.3. The Balaban J connectivity index is 1.55. The first-order valence-corrected chi connectivity index (χ1v) is 12.0. The van der Waals surface area contributed by atoms with Crippen molar-refractivity contribution in [3.63, 3.8) is 0 Å². The SMILES string of the molecule is CN1CCN(c2ncc(S(C)(=O)=O)c(C3CCN(C(=O)C4CC4)CC3)n2)CC1. The van der Waals surface area contributed by atoms with Crippen LogP contribution in [0.2, 0.25) is 0 Å². The van der Waals surface area contributed by atoms with E-state index in [1.807, 2.05) is 4.90 Å². The Bertz CT molecular complexity index is 839. The number of likely N-dealkylation sites (tertiary alicyclic amines) is 1. The summed E-state index contributed by atoms with van der Waals surface area (Å²) in [4.78, 5) is 28.0. The van der Waals surface area contributed by atoms with Crippen molar-refractivity contribution in [3.8, 4) is 0 Å². The number of hydrogen-bond donors (Lipinski definition) is 0. The van der Waals surface area contributed by atoms with E-state index in [1.54, 1.807) is 0 Å². The number of hydrogen-bond acceptors (Lipinski definition) is 7. The maximum Gasteiger partial charge on any atom is 0.225 e. The van der Waals surface area contributed by atoms with Crippen LogP contribution in [-0.2, 0) is 14.6 Å². The minimum atomic E-state index is -3.40. The summed E-state index contributed by atoms with van der Waals surface area (Å²) in [6.45, 7) is 4.90. The predicted molar refractivity (Wildman–Crippen MR) is 106 cm³/mol. The Kier molecular flexibility index (Phi) is 5.30. The highest BCUT2D eigenvalue weighted by atomic mass is 32.2. The van der Waals surface area contributed by atoms with Crippen LogP contribution in [0.4, 0.5) is 5.95 Å². The zero-order valence-corrected chi connectivity index (χ0v) is 17.5. The molecule has 0 unspecified atom stereocenters. The normalized spacial score (nSPS) is 22.5. The van der Waals surface area contributed by atoms with E-state index < -0.39 is 9.84 Å². The monoisotopic (exact) mass is 407 g/mol. The molecule has 0 spiro atoms. The van der Waals surface area contributed by atoms with E-state index in [0.29, 0.717) is 24.7 Å². The molecule has 1 aliphatic carbocycles. The molecular weight excluding hydrogens is 378 g/mol. The van der Waals surface area contributed by atoms with Gasteiger partial charge in [0, 0.05) is 57.4 Å². The number of anilines is 1. The fourth-order valence-electron chi connectivity index (χ4n) is 4.07. The fourth-order valence-corrected chi connectivity index (χ4v) is 4.91. The smallest absolute Gasteiger partial charge is 0.225 e. The summed E-state index contributed by atoms with van der Waals surface area (Å²) in [7, 11) is -1.31. The van der Waals surface area contributed by atoms with Gasteiger partial charge in [-0.1, -0.05) is 0 Å². The summed E-state index contributed by atoms with van der Waals surface area (Å²) in [6, 6.07) is 0. The number of piperazine rings is 1. The molecule has 0 aromatic carbocycles. The predicted octanol–water partition coefficient (Wildman–Crippen LogP) is 0.748. The zero-order chi connectivity index (χ0) is 19.9. The van der Waals surface area contributed by atoms with E-state index in [1.165, 1.54) is 12.5 Å². The van der Waals surface area contributed by atoms with Crippen molar-refractivity contribution in [3.05, 3.63) is 11.9 Å². The van der Waals surface area contributed by atoms with Gasteiger partial charge in [-0.25, -0.2) is 18.4 Å². The van der Waals surface area contributed by atoms with Crippen LogP contribution in [0.15, 0.2) is 11.1 Å². The van der Waals surface area contributed by atoms with Crippen LogP contribution < -0.4 is 4.90 Å². The number of carbonyl (C=O) groups excluding carboxylic acids is 1. The van der Waals surface area contributed by atoms with Gasteiger partial charge in [0.25, 0.3) is 0 Å². The van der Waals surface area contributed by atoms with Gasteiger partial charge in [0.05, 0.1) is 11.9 Å². The Morgan fingerprint density at radius 2 is 1.68 bits per heavy atom. The number of aromatic nitrogens is 2. The van der Waals surface area contributed by atoms with Crippen molar-refractivity contribution in [2.75, 3.05) is 57.5 Å². The molecule has 9 heteroatoms. The number of rotatable bonds is 4. The van der Waals surface area contributed by atoms with Gasteiger partial charge >= 0.3 is 0 Å². The summed E-state index contributed by atoms with van der Waals surface area (Å²) in [5, 5.41) is 0. The summed E-state index contributed by atoms with van der Waals surface area (Å²) in [6.07, 6.45) is 6.22. The number of piperidine rings is 1. The molecule has 0 radical (unpaired) electrons. The number of amides is 1. The molecule has 1 saturated carbocycles. The molecule has 3 aliphatic rings. The molecule has 3 fully saturated rings. The Morgan fingerprint density at radius 3 is 2.25 bits per heavy atom. The minimum Gasteiger partial charge on any atom is -0.342 e. The van der Waals surface area contributed by atoms with E-state index in [4.69, 9.17) is 4.98 Å². The molecular formula is C19H29N5O3S. The van der Waals surface area contributed by atoms with Crippen molar-refractivity contribution < 1.29 is 13.2 Å². The van der Waals surface area contributed by atoms with Crippen LogP contribution >= 0.6 is 0 Å². The fraction of sp³-hybridized carbons (Fsp3) is 0.737. The van der Waals surface area contributed by atoms with E-state index in [2.05, 4.69) is 21.8 Å². The van der Waals surface area contributed by atoms with E-state index >= 15 is 0 Å². The molecule has 4 rings (SSSR count). The summed E-state index contributed by atoms with van der Waals surface area (Å²) in [5.41, 5.74) is 0.630. The van der Waals surface area contributed by atoms with Crippen molar-refractivity contribution >= 4 is 21.7 Å². The van der Waals surface area contributed by atoms with Gasteiger partial charge in [-0.2, -0.15) is 0 Å². The van der Waals surface area contributed by atoms with Crippen molar-refractivity contribution in [1.82, 2.24) is 19.8 Å². The van der Waals surface area contributed by atoms with Gasteiger partial charge in [0.15, 0.2) is 9.84 Å². The number of sulfone groups is 1. The number of likely N-dealkylation sites (N-methyl/N-ethyl adjacent to an activating group) is 1. The summed E-state index contributed by atoms with van der Waals surface area (Å²) < 4.78 is 24.7. The highest BCUT2D eigenvalue weighted by Gasteiger charge is 2.36. The Morgan fingerprint density at radius 1 is 1.04 bits per heavy atom. The van der Waals surface area contributed by atoms with Gasteiger partial charge in [-0.3, -0.25) is 4.79 Å². The van der Waals surface area contributed by atoms with Crippen LogP contribution in [-0.4, -0.2) is 86.7 Å². The summed E-state index contributed by atoms with van der Waals surface area (Å²) in [5.74, 6) is 1.16. The maximum absolute atomic E-state index is 12.3. The topological polar surface area (TPSA) is 86.7 Å². The van der Waals surface area contributed by atoms with Crippen LogP contribution in [0.5, 0.6) is 0 Å². The van der Waals surface area contributed by atoms with Crippen LogP contribution in [0.3, 0.4) is 0 Å². The highest BCUT2D eigenvalue weighted by Crippen LogP contribution is 2.35. The largest absolute Gasteiger partial charge is 0.342 e. The molecule has 1 aromatic heterocycles. The maximum atomic E-state index is 12.3. The molecule has 2 saturated heterocycles. The standard InChI is InChI=1S/C19H29N5O3S/c1-22-9-11-24(12-10-22)19-20-13-16(28(2,26)27)17(21-19)14-5-7-23(8-6-14)18(25)15-3-4-15/h13-15H,3-12H2,1-2H3. The first-order valence-electron chi connectivity index (χ1n) is 10.1. The second kappa shape index (κ2) is 7.59. The third-order valence-corrected chi connectivity index (χ3v) is 7.19. The lowest BCUT2D eigenvalue weighted by atomic mass is 9.93. The quantitative estimate of drug-likeness (QED) is 0.728. The molecule has 0 atom stereocenters. The second-order valence-electron chi connectivity index (χ2n) is 8.36. The highest BCUT2D eigenvalue weighted by molar-refractivity contribution is 7.90. The number of carbonyl (C=O) groups is 1. The van der Waals surface area contributed by atoms with Gasteiger partial charge in [-0.05, 0) is 32.7 Å². The lowest BCUT2D eigenvalue weighted by molar-refractivity contribution is -0.133. The first kappa shape index (κ1) is 19.6. The van der Waals surface area contributed by atoms with Crippen molar-refractivity contribution in [2.45, 2.75) is 36.5 Å². The van der Waals surface area contributed by atoms with Crippen LogP contribution in [0.1, 0.15) is 37.3 Å². The zero-order valence-electron chi connectivity index (χ0n) is 16.7. The van der Waals surface area contributed by atoms with E-state index in [9.17, 15) is 13.2 Å². The molecule has 1 amide bonds. The van der Waals surface area contributed by atoms with Gasteiger partial charge in [0.1, 0.15) is 4.90 Å². The van der Waals surface area contributed by atoms with E-state index in [0.717, 1.165) is 51.9 Å². The third kappa shape index (κ3) is 4.15. The molecule has 154 valence electrons. The lowest BCUT2D eigenvalue weighted by Crippen LogP contribution is -2.45. The minimum absolute atomic E-state index is 0.0437. The molecule has 1 aromatic rings. The molecule has 0 N–H and O–H groups in total. The summed E-state index contributed by atoms with van der Waals surface area (Å²) >= 11 is 0. The molecule has 8 nitrogen and oxygen atoms in total. The van der Waals surface area contributed by atoms with E-state index in [-0.39, 0.29) is 22.6 Å². The van der Waals surface area contributed by atoms with Crippen molar-refractivity contribution in [2.24, 2.45) is 5.92 Å². The van der Waals surface area contributed by atoms with Crippen LogP contribution in [0, 0.1) is 5.92 Å². The molecule has 28 heavy (non-hydrogen) atoms. The van der Waals surface area contributed by atoms with Crippen LogP contribution in [0.25, 0.3) is 0 Å². The third-order valence-electron chi connectivity index (χ3n) is 6.08. The lowest BCUT2D eigenvalue weighted by Gasteiger charge is -2.34. The van der Waals surface area contributed by atoms with Crippen molar-refractivity contribution in [1.29, 1.82) is 0 Å². The second-order valence-corrected chi connectivity index (χ2v) is 10.3. The number of nitrogens with zero attached hydrogens (tertiary/aromatic N) is 5. The molecule has 0 bridgehead atoms. The average molecular weight is 408 g/mol. The Labute approximate surface area is 166 Å². The Hall–Kier alpha value is -1.74. The molecule has 2 aliphatic heterocycles. The molecule has 3 heterocycles. The van der Waals surface area contributed by atoms with Gasteiger partial charge < -0.3 is 14.7 Å². The van der Waals surface area contributed by atoms with Gasteiger partial charge in [0.2, 0.25) is 11.9 Å². The average Bonchev–Trinajstić information content (AvgIpc) is 3.52.